The van der Waals surface area contributed by atoms with Crippen molar-refractivity contribution in [3.05, 3.63) is 29.6 Å². The van der Waals surface area contributed by atoms with Gasteiger partial charge in [-0.15, -0.1) is 0 Å². The van der Waals surface area contributed by atoms with Crippen LogP contribution in [0.5, 0.6) is 0 Å². The number of hydrazone groups is 2. The molecule has 0 fully saturated rings. The molecule has 0 aliphatic carbocycles. The molecule has 1 heterocycles. The van der Waals surface area contributed by atoms with Gasteiger partial charge in [-0.1, -0.05) is 6.07 Å². The molecule has 0 saturated heterocycles. The second-order valence-electron chi connectivity index (χ2n) is 3.25. The van der Waals surface area contributed by atoms with E-state index in [1.165, 1.54) is 0 Å². The number of halogens is 3. The predicted molar refractivity (Wildman–Crippen MR) is 66.8 cm³/mol. The summed E-state index contributed by atoms with van der Waals surface area (Å²) in [7, 11) is 3.53. The van der Waals surface area contributed by atoms with Gasteiger partial charge in [-0.3, -0.25) is 0 Å². The van der Waals surface area contributed by atoms with Crippen molar-refractivity contribution in [3.63, 3.8) is 0 Å². The van der Waals surface area contributed by atoms with Crippen LogP contribution in [0.15, 0.2) is 28.4 Å². The summed E-state index contributed by atoms with van der Waals surface area (Å²) in [6.07, 6.45) is 0. The van der Waals surface area contributed by atoms with Crippen molar-refractivity contribution in [1.82, 2.24) is 15.8 Å². The van der Waals surface area contributed by atoms with Crippen LogP contribution in [0, 0.1) is 0 Å². The maximum Gasteiger partial charge on any atom is 3.00 e. The number of aromatic nitrogens is 1. The smallest absolute Gasteiger partial charge is 1.00 e. The van der Waals surface area contributed by atoms with Crippen LogP contribution in [0.4, 0.5) is 0 Å². The molecule has 1 aromatic rings. The van der Waals surface area contributed by atoms with E-state index in [2.05, 4.69) is 26.0 Å². The van der Waals surface area contributed by atoms with E-state index in [0.29, 0.717) is 0 Å². The van der Waals surface area contributed by atoms with Gasteiger partial charge in [0, 0.05) is 14.1 Å². The average Bonchev–Trinajstić information content (AvgIpc) is 2.30. The largest absolute Gasteiger partial charge is 3.00 e. The minimum atomic E-state index is 0. The Labute approximate surface area is 149 Å². The van der Waals surface area contributed by atoms with Crippen LogP contribution in [0.25, 0.3) is 0 Å². The summed E-state index contributed by atoms with van der Waals surface area (Å²) in [6.45, 7) is 3.82. The van der Waals surface area contributed by atoms with Crippen molar-refractivity contribution >= 4 is 11.4 Å². The Morgan fingerprint density at radius 2 is 1.25 bits per heavy atom. The van der Waals surface area contributed by atoms with E-state index in [0.717, 1.165) is 22.8 Å². The molecule has 0 atom stereocenters. The third-order valence-corrected chi connectivity index (χ3v) is 2.05. The Hall–Kier alpha value is -0.521. The maximum absolute atomic E-state index is 4.47. The Bertz CT molecular complexity index is 391. The SMILES string of the molecule is CNN=C(C)c1cccc(C(C)=NNC)n1.[Cl-].[Cl-].[Cl-].[Fe+3]. The van der Waals surface area contributed by atoms with Crippen molar-refractivity contribution in [2.24, 2.45) is 10.2 Å². The fraction of sp³-hybridized carbons (Fsp3) is 0.364. The molecule has 1 aromatic heterocycles. The van der Waals surface area contributed by atoms with Crippen molar-refractivity contribution in [3.8, 4) is 0 Å². The molecule has 0 unspecified atom stereocenters. The molecule has 0 aliphatic heterocycles. The molecule has 2 N–H and O–H groups in total. The summed E-state index contributed by atoms with van der Waals surface area (Å²) in [5, 5.41) is 8.18. The first kappa shape index (κ1) is 27.8. The molecule has 0 bridgehead atoms. The Morgan fingerprint density at radius 3 is 1.55 bits per heavy atom. The Morgan fingerprint density at radius 1 is 0.900 bits per heavy atom. The van der Waals surface area contributed by atoms with Crippen LogP contribution in [-0.4, -0.2) is 30.5 Å². The van der Waals surface area contributed by atoms with Gasteiger partial charge in [-0.2, -0.15) is 10.2 Å². The van der Waals surface area contributed by atoms with E-state index < -0.39 is 0 Å². The van der Waals surface area contributed by atoms with Gasteiger partial charge in [0.15, 0.2) is 0 Å². The Kier molecular flexibility index (Phi) is 20.7. The topological polar surface area (TPSA) is 61.7 Å². The second kappa shape index (κ2) is 14.9. The van der Waals surface area contributed by atoms with Gasteiger partial charge in [-0.25, -0.2) is 4.98 Å². The minimum Gasteiger partial charge on any atom is -1.00 e. The van der Waals surface area contributed by atoms with Crippen molar-refractivity contribution in [2.75, 3.05) is 14.1 Å². The molecule has 0 amide bonds. The van der Waals surface area contributed by atoms with E-state index in [1.54, 1.807) is 14.1 Å². The molecule has 0 aromatic carbocycles. The minimum absolute atomic E-state index is 0. The van der Waals surface area contributed by atoms with Gasteiger partial charge in [0.25, 0.3) is 0 Å². The summed E-state index contributed by atoms with van der Waals surface area (Å²) in [5.74, 6) is 0. The molecule has 1 radical (unpaired) electrons. The number of rotatable bonds is 4. The van der Waals surface area contributed by atoms with Crippen LogP contribution in [0.3, 0.4) is 0 Å². The average molecular weight is 381 g/mol. The number of nitrogens with one attached hydrogen (secondary N) is 2. The summed E-state index contributed by atoms with van der Waals surface area (Å²) in [4.78, 5) is 4.47. The van der Waals surface area contributed by atoms with Gasteiger partial charge in [0.05, 0.1) is 22.8 Å². The molecular formula is C11H17Cl3FeN5. The first-order valence-electron chi connectivity index (χ1n) is 5.09. The van der Waals surface area contributed by atoms with E-state index in [-0.39, 0.29) is 54.3 Å². The third-order valence-electron chi connectivity index (χ3n) is 2.05. The zero-order valence-electron chi connectivity index (χ0n) is 11.6. The van der Waals surface area contributed by atoms with Crippen molar-refractivity contribution < 1.29 is 54.3 Å². The fourth-order valence-corrected chi connectivity index (χ4v) is 1.29. The van der Waals surface area contributed by atoms with Gasteiger partial charge >= 0.3 is 17.1 Å². The number of hydrogen-bond donors (Lipinski definition) is 2. The summed E-state index contributed by atoms with van der Waals surface area (Å²) >= 11 is 0. The summed E-state index contributed by atoms with van der Waals surface area (Å²) in [5.41, 5.74) is 8.88. The second-order valence-corrected chi connectivity index (χ2v) is 3.25. The molecule has 0 aliphatic rings. The number of pyridine rings is 1. The first-order valence-corrected chi connectivity index (χ1v) is 5.09. The fourth-order valence-electron chi connectivity index (χ4n) is 1.29. The molecular weight excluding hydrogens is 364 g/mol. The molecule has 1 rings (SSSR count). The van der Waals surface area contributed by atoms with Gasteiger partial charge in [-0.05, 0) is 26.0 Å². The monoisotopic (exact) mass is 380 g/mol. The summed E-state index contributed by atoms with van der Waals surface area (Å²) in [6, 6.07) is 5.79. The zero-order chi connectivity index (χ0) is 12.0. The van der Waals surface area contributed by atoms with Crippen molar-refractivity contribution in [2.45, 2.75) is 13.8 Å². The van der Waals surface area contributed by atoms with Gasteiger partial charge in [0.2, 0.25) is 0 Å². The molecule has 5 nitrogen and oxygen atoms in total. The number of hydrogen-bond acceptors (Lipinski definition) is 5. The van der Waals surface area contributed by atoms with E-state index in [1.807, 2.05) is 32.0 Å². The van der Waals surface area contributed by atoms with Crippen LogP contribution in [-0.2, 0) is 17.1 Å². The standard InChI is InChI=1S/C11H17N5.3ClH.Fe/c1-8(15-12-3)10-6-5-7-11(14-10)9(2)16-13-4;;;;/h5-7,12-13H,1-4H3;3*1H;/q;;;;+3/p-3. The van der Waals surface area contributed by atoms with Gasteiger partial charge < -0.3 is 48.1 Å². The zero-order valence-corrected chi connectivity index (χ0v) is 14.9. The molecule has 0 spiro atoms. The van der Waals surface area contributed by atoms with Crippen molar-refractivity contribution in [1.29, 1.82) is 0 Å². The van der Waals surface area contributed by atoms with Crippen LogP contribution >= 0.6 is 0 Å². The van der Waals surface area contributed by atoms with Crippen LogP contribution in [0.1, 0.15) is 25.2 Å². The number of nitrogens with zero attached hydrogens (tertiary/aromatic N) is 3. The predicted octanol–water partition coefficient (Wildman–Crippen LogP) is -8.02. The van der Waals surface area contributed by atoms with E-state index in [4.69, 9.17) is 0 Å². The van der Waals surface area contributed by atoms with Gasteiger partial charge in [0.1, 0.15) is 0 Å². The molecule has 20 heavy (non-hydrogen) atoms. The van der Waals surface area contributed by atoms with Crippen LogP contribution < -0.4 is 48.1 Å². The molecule has 0 saturated carbocycles. The maximum atomic E-state index is 4.47. The Balaban J connectivity index is -0.000000320. The molecule has 9 heteroatoms. The quantitative estimate of drug-likeness (QED) is 0.310. The van der Waals surface area contributed by atoms with Crippen LogP contribution in [0.2, 0.25) is 0 Å². The van der Waals surface area contributed by atoms with E-state index >= 15 is 0 Å². The van der Waals surface area contributed by atoms with E-state index in [9.17, 15) is 0 Å². The normalized spacial score (nSPS) is 10.0. The molecule has 115 valence electrons. The first-order chi connectivity index (χ1) is 7.69. The third kappa shape index (κ3) is 8.61. The summed E-state index contributed by atoms with van der Waals surface area (Å²) < 4.78 is 0.